The average molecular weight is 314 g/mol. The first kappa shape index (κ1) is 13.3. The van der Waals surface area contributed by atoms with Crippen molar-refractivity contribution in [3.63, 3.8) is 0 Å². The van der Waals surface area contributed by atoms with Gasteiger partial charge in [0.15, 0.2) is 5.60 Å². The zero-order valence-electron chi connectivity index (χ0n) is 9.99. The number of aromatic nitrogens is 1. The highest BCUT2D eigenvalue weighted by atomic mass is 79.9. The number of carbonyl (C=O) groups excluding carboxylic acids is 1. The minimum Gasteiger partial charge on any atom is -0.461 e. The van der Waals surface area contributed by atoms with Gasteiger partial charge in [0.1, 0.15) is 0 Å². The van der Waals surface area contributed by atoms with Crippen molar-refractivity contribution in [3.8, 4) is 5.88 Å². The second-order valence-electron chi connectivity index (χ2n) is 4.45. The standard InChI is InChI=1S/C12H16BrN3O2/c13-9-4-5-10(15-8-9)18-12(11(17)16-14)6-2-1-3-7-12/h4-5,8H,1-3,6-7,14H2,(H,16,17). The van der Waals surface area contributed by atoms with Crippen molar-refractivity contribution >= 4 is 21.8 Å². The minimum absolute atomic E-state index is 0.271. The smallest absolute Gasteiger partial charge is 0.278 e. The van der Waals surface area contributed by atoms with Gasteiger partial charge in [-0.2, -0.15) is 0 Å². The van der Waals surface area contributed by atoms with Crippen molar-refractivity contribution in [2.75, 3.05) is 0 Å². The minimum atomic E-state index is -0.867. The molecule has 0 unspecified atom stereocenters. The average Bonchev–Trinajstić information content (AvgIpc) is 2.41. The predicted octanol–water partition coefficient (Wildman–Crippen LogP) is 1.92. The molecule has 1 aliphatic rings. The fourth-order valence-corrected chi connectivity index (χ4v) is 2.49. The number of nitrogens with one attached hydrogen (secondary N) is 1. The van der Waals surface area contributed by atoms with Gasteiger partial charge in [0.25, 0.3) is 5.91 Å². The van der Waals surface area contributed by atoms with Gasteiger partial charge in [-0.15, -0.1) is 0 Å². The summed E-state index contributed by atoms with van der Waals surface area (Å²) in [6, 6.07) is 3.57. The topological polar surface area (TPSA) is 77.2 Å². The van der Waals surface area contributed by atoms with Gasteiger partial charge in [-0.05, 0) is 47.7 Å². The molecule has 3 N–H and O–H groups in total. The summed E-state index contributed by atoms with van der Waals surface area (Å²) < 4.78 is 6.70. The Kier molecular flexibility index (Phi) is 4.19. The first-order valence-electron chi connectivity index (χ1n) is 5.98. The van der Waals surface area contributed by atoms with Crippen molar-refractivity contribution in [1.29, 1.82) is 0 Å². The van der Waals surface area contributed by atoms with Crippen molar-refractivity contribution in [3.05, 3.63) is 22.8 Å². The fraction of sp³-hybridized carbons (Fsp3) is 0.500. The Morgan fingerprint density at radius 1 is 1.39 bits per heavy atom. The summed E-state index contributed by atoms with van der Waals surface area (Å²) in [4.78, 5) is 16.1. The Bertz CT molecular complexity index is 416. The molecule has 1 fully saturated rings. The summed E-state index contributed by atoms with van der Waals surface area (Å²) in [5, 5.41) is 0. The third-order valence-corrected chi connectivity index (χ3v) is 3.68. The van der Waals surface area contributed by atoms with Crippen molar-refractivity contribution in [2.24, 2.45) is 5.84 Å². The molecule has 1 aromatic rings. The molecule has 0 saturated heterocycles. The van der Waals surface area contributed by atoms with Crippen LogP contribution in [0.1, 0.15) is 32.1 Å². The van der Waals surface area contributed by atoms with E-state index in [4.69, 9.17) is 10.6 Å². The van der Waals surface area contributed by atoms with Gasteiger partial charge in [-0.25, -0.2) is 10.8 Å². The molecular formula is C12H16BrN3O2. The number of rotatable bonds is 3. The highest BCUT2D eigenvalue weighted by Gasteiger charge is 2.42. The van der Waals surface area contributed by atoms with Gasteiger partial charge in [-0.1, -0.05) is 6.42 Å². The van der Waals surface area contributed by atoms with Crippen LogP contribution in [0, 0.1) is 0 Å². The highest BCUT2D eigenvalue weighted by Crippen LogP contribution is 2.32. The second-order valence-corrected chi connectivity index (χ2v) is 5.36. The summed E-state index contributed by atoms with van der Waals surface area (Å²) in [6.07, 6.45) is 6.04. The number of nitrogens with two attached hydrogens (primary N) is 1. The van der Waals surface area contributed by atoms with Crippen LogP contribution in [0.15, 0.2) is 22.8 Å². The fourth-order valence-electron chi connectivity index (χ4n) is 2.25. The maximum absolute atomic E-state index is 12.0. The number of amides is 1. The van der Waals surface area contributed by atoms with Crippen LogP contribution in [0.4, 0.5) is 0 Å². The van der Waals surface area contributed by atoms with Crippen LogP contribution in [0.2, 0.25) is 0 Å². The molecule has 0 atom stereocenters. The normalized spacial score (nSPS) is 18.1. The molecule has 1 heterocycles. The Labute approximate surface area is 114 Å². The molecule has 0 radical (unpaired) electrons. The summed E-state index contributed by atoms with van der Waals surface area (Å²) in [5.41, 5.74) is 1.34. The quantitative estimate of drug-likeness (QED) is 0.508. The van der Waals surface area contributed by atoms with Crippen molar-refractivity contribution < 1.29 is 9.53 Å². The van der Waals surface area contributed by atoms with Gasteiger partial charge in [0, 0.05) is 16.7 Å². The molecule has 0 spiro atoms. The molecule has 6 heteroatoms. The number of halogens is 1. The molecule has 0 aliphatic heterocycles. The number of nitrogens with zero attached hydrogens (tertiary/aromatic N) is 1. The first-order chi connectivity index (χ1) is 8.66. The molecule has 1 aliphatic carbocycles. The number of hydrazine groups is 1. The maximum Gasteiger partial charge on any atom is 0.278 e. The summed E-state index contributed by atoms with van der Waals surface area (Å²) >= 11 is 3.31. The highest BCUT2D eigenvalue weighted by molar-refractivity contribution is 9.10. The van der Waals surface area contributed by atoms with E-state index >= 15 is 0 Å². The van der Waals surface area contributed by atoms with Crippen LogP contribution >= 0.6 is 15.9 Å². The van der Waals surface area contributed by atoms with Crippen LogP contribution in [0.3, 0.4) is 0 Å². The third kappa shape index (κ3) is 2.81. The van der Waals surface area contributed by atoms with Gasteiger partial charge in [0.05, 0.1) is 0 Å². The van der Waals surface area contributed by atoms with E-state index < -0.39 is 5.60 Å². The first-order valence-corrected chi connectivity index (χ1v) is 6.77. The van der Waals surface area contributed by atoms with Crippen LogP contribution in [0.25, 0.3) is 0 Å². The third-order valence-electron chi connectivity index (χ3n) is 3.21. The zero-order valence-corrected chi connectivity index (χ0v) is 11.6. The van der Waals surface area contributed by atoms with Crippen molar-refractivity contribution in [2.45, 2.75) is 37.7 Å². The van der Waals surface area contributed by atoms with E-state index in [1.165, 1.54) is 0 Å². The molecular weight excluding hydrogens is 298 g/mol. The van der Waals surface area contributed by atoms with Gasteiger partial charge < -0.3 is 4.74 Å². The Hall–Kier alpha value is -1.14. The van der Waals surface area contributed by atoms with E-state index in [1.54, 1.807) is 12.3 Å². The number of carbonyl (C=O) groups is 1. The lowest BCUT2D eigenvalue weighted by Gasteiger charge is -2.35. The predicted molar refractivity (Wildman–Crippen MR) is 70.7 cm³/mol. The number of hydrogen-bond donors (Lipinski definition) is 2. The van der Waals surface area contributed by atoms with E-state index in [0.717, 1.165) is 23.7 Å². The molecule has 5 nitrogen and oxygen atoms in total. The summed E-state index contributed by atoms with van der Waals surface area (Å²) in [6.45, 7) is 0. The van der Waals surface area contributed by atoms with Crippen molar-refractivity contribution in [1.82, 2.24) is 10.4 Å². The molecule has 18 heavy (non-hydrogen) atoms. The van der Waals surface area contributed by atoms with E-state index in [0.29, 0.717) is 18.7 Å². The number of pyridine rings is 1. The van der Waals surface area contributed by atoms with Crippen LogP contribution < -0.4 is 16.0 Å². The van der Waals surface area contributed by atoms with Gasteiger partial charge in [-0.3, -0.25) is 10.2 Å². The summed E-state index contributed by atoms with van der Waals surface area (Å²) in [5.74, 6) is 5.43. The van der Waals surface area contributed by atoms with Gasteiger partial charge in [0.2, 0.25) is 5.88 Å². The lowest BCUT2D eigenvalue weighted by Crippen LogP contribution is -2.54. The number of ether oxygens (including phenoxy) is 1. The zero-order chi connectivity index (χ0) is 13.0. The van der Waals surface area contributed by atoms with E-state index in [-0.39, 0.29) is 5.91 Å². The van der Waals surface area contributed by atoms with Crippen LogP contribution in [-0.4, -0.2) is 16.5 Å². The second kappa shape index (κ2) is 5.67. The van der Waals surface area contributed by atoms with E-state index in [9.17, 15) is 4.79 Å². The lowest BCUT2D eigenvalue weighted by atomic mass is 9.84. The molecule has 1 saturated carbocycles. The Morgan fingerprint density at radius 2 is 2.11 bits per heavy atom. The SMILES string of the molecule is NNC(=O)C1(Oc2ccc(Br)cn2)CCCCC1. The largest absolute Gasteiger partial charge is 0.461 e. The van der Waals surface area contributed by atoms with Gasteiger partial charge >= 0.3 is 0 Å². The molecule has 0 aromatic carbocycles. The molecule has 0 bridgehead atoms. The van der Waals surface area contributed by atoms with E-state index in [1.807, 2.05) is 6.07 Å². The Morgan fingerprint density at radius 3 is 2.67 bits per heavy atom. The van der Waals surface area contributed by atoms with Crippen LogP contribution in [-0.2, 0) is 4.79 Å². The lowest BCUT2D eigenvalue weighted by molar-refractivity contribution is -0.140. The maximum atomic E-state index is 12.0. The summed E-state index contributed by atoms with van der Waals surface area (Å²) in [7, 11) is 0. The van der Waals surface area contributed by atoms with Crippen LogP contribution in [0.5, 0.6) is 5.88 Å². The Balaban J connectivity index is 2.19. The molecule has 98 valence electrons. The molecule has 1 aromatic heterocycles. The van der Waals surface area contributed by atoms with E-state index in [2.05, 4.69) is 26.3 Å². The monoisotopic (exact) mass is 313 g/mol. The number of hydrogen-bond acceptors (Lipinski definition) is 4. The molecule has 1 amide bonds. The molecule has 2 rings (SSSR count).